The quantitative estimate of drug-likeness (QED) is 0.793. The highest BCUT2D eigenvalue weighted by Crippen LogP contribution is 2.17. The number of carbonyl (C=O) groups excluding carboxylic acids is 2. The van der Waals surface area contributed by atoms with E-state index in [-0.39, 0.29) is 24.3 Å². The molecule has 1 saturated heterocycles. The zero-order valence-electron chi connectivity index (χ0n) is 10.2. The van der Waals surface area contributed by atoms with Gasteiger partial charge in [0.2, 0.25) is 0 Å². The Morgan fingerprint density at radius 3 is 2.78 bits per heavy atom. The van der Waals surface area contributed by atoms with E-state index < -0.39 is 0 Å². The van der Waals surface area contributed by atoms with Crippen molar-refractivity contribution in [1.82, 2.24) is 4.90 Å². The topological polar surface area (TPSA) is 69.6 Å². The first kappa shape index (κ1) is 12.6. The van der Waals surface area contributed by atoms with Crippen LogP contribution in [0.15, 0.2) is 24.3 Å². The van der Waals surface area contributed by atoms with Gasteiger partial charge in [0.05, 0.1) is 0 Å². The number of carbonyl (C=O) groups is 2. The van der Waals surface area contributed by atoms with E-state index in [9.17, 15) is 9.59 Å². The number of hydrogen-bond donors (Lipinski definition) is 2. The number of hydrogen-bond acceptors (Lipinski definition) is 3. The molecule has 1 aliphatic rings. The molecule has 2 rings (SSSR count). The minimum absolute atomic E-state index is 0.0320. The Hall–Kier alpha value is -1.88. The summed E-state index contributed by atoms with van der Waals surface area (Å²) >= 11 is 0. The fourth-order valence-corrected chi connectivity index (χ4v) is 1.87. The van der Waals surface area contributed by atoms with Crippen LogP contribution < -0.4 is 5.32 Å². The maximum Gasteiger partial charge on any atom is 0.321 e. The van der Waals surface area contributed by atoms with Crippen molar-refractivity contribution in [3.05, 3.63) is 29.8 Å². The van der Waals surface area contributed by atoms with Crippen molar-refractivity contribution in [2.24, 2.45) is 5.92 Å². The lowest BCUT2D eigenvalue weighted by Crippen LogP contribution is -2.52. The molecule has 0 saturated carbocycles. The third kappa shape index (κ3) is 2.68. The lowest BCUT2D eigenvalue weighted by atomic mass is 10.0. The van der Waals surface area contributed by atoms with E-state index in [1.807, 2.05) is 0 Å². The minimum atomic E-state index is -0.194. The van der Waals surface area contributed by atoms with Crippen LogP contribution in [0.1, 0.15) is 17.3 Å². The van der Waals surface area contributed by atoms with Gasteiger partial charge in [0.25, 0.3) is 0 Å². The Kier molecular flexibility index (Phi) is 3.62. The second-order valence-electron chi connectivity index (χ2n) is 4.52. The summed E-state index contributed by atoms with van der Waals surface area (Å²) in [6, 6.07) is 6.65. The minimum Gasteiger partial charge on any atom is -0.396 e. The van der Waals surface area contributed by atoms with Gasteiger partial charge in [-0.3, -0.25) is 4.79 Å². The molecular weight excluding hydrogens is 232 g/mol. The maximum atomic E-state index is 11.8. The van der Waals surface area contributed by atoms with Gasteiger partial charge in [0.15, 0.2) is 5.78 Å². The molecule has 5 heteroatoms. The summed E-state index contributed by atoms with van der Waals surface area (Å²) in [5, 5.41) is 11.6. The summed E-state index contributed by atoms with van der Waals surface area (Å²) in [4.78, 5) is 24.6. The number of Topliss-reactive ketones (excluding diaryl/α,β-unsaturated/α-hetero) is 1. The summed E-state index contributed by atoms with van der Waals surface area (Å²) in [7, 11) is 0. The predicted molar refractivity (Wildman–Crippen MR) is 67.6 cm³/mol. The zero-order valence-corrected chi connectivity index (χ0v) is 10.2. The summed E-state index contributed by atoms with van der Waals surface area (Å²) < 4.78 is 0. The van der Waals surface area contributed by atoms with Crippen molar-refractivity contribution in [3.63, 3.8) is 0 Å². The van der Waals surface area contributed by atoms with Crippen molar-refractivity contribution in [2.45, 2.75) is 6.92 Å². The fourth-order valence-electron chi connectivity index (χ4n) is 1.87. The number of likely N-dealkylation sites (tertiary alicyclic amines) is 1. The highest BCUT2D eigenvalue weighted by atomic mass is 16.3. The lowest BCUT2D eigenvalue weighted by Gasteiger charge is -2.38. The molecule has 0 atom stereocenters. The molecule has 96 valence electrons. The monoisotopic (exact) mass is 248 g/mol. The molecule has 1 heterocycles. The summed E-state index contributed by atoms with van der Waals surface area (Å²) in [5.74, 6) is 0.162. The second-order valence-corrected chi connectivity index (χ2v) is 4.52. The molecule has 18 heavy (non-hydrogen) atoms. The first-order chi connectivity index (χ1) is 8.60. The lowest BCUT2D eigenvalue weighted by molar-refractivity contribution is 0.0838. The van der Waals surface area contributed by atoms with Gasteiger partial charge in [0, 0.05) is 36.9 Å². The molecule has 0 unspecified atom stereocenters. The molecule has 1 aromatic rings. The van der Waals surface area contributed by atoms with Crippen LogP contribution in [0.3, 0.4) is 0 Å². The van der Waals surface area contributed by atoms with E-state index in [0.717, 1.165) is 0 Å². The molecule has 2 amide bonds. The smallest absolute Gasteiger partial charge is 0.321 e. The van der Waals surface area contributed by atoms with Crippen molar-refractivity contribution < 1.29 is 14.7 Å². The summed E-state index contributed by atoms with van der Waals surface area (Å²) in [6.45, 7) is 2.76. The van der Waals surface area contributed by atoms with Crippen LogP contribution >= 0.6 is 0 Å². The molecule has 2 N–H and O–H groups in total. The molecule has 0 aromatic heterocycles. The van der Waals surface area contributed by atoms with E-state index in [4.69, 9.17) is 5.11 Å². The van der Waals surface area contributed by atoms with Crippen molar-refractivity contribution in [3.8, 4) is 0 Å². The third-order valence-corrected chi connectivity index (χ3v) is 3.02. The van der Waals surface area contributed by atoms with E-state index in [1.54, 1.807) is 29.2 Å². The maximum absolute atomic E-state index is 11.8. The van der Waals surface area contributed by atoms with Gasteiger partial charge in [-0.15, -0.1) is 0 Å². The number of amides is 2. The molecule has 1 aromatic carbocycles. The molecular formula is C13H16N2O3. The average Bonchev–Trinajstić information content (AvgIpc) is 2.27. The van der Waals surface area contributed by atoms with Crippen LogP contribution in [0, 0.1) is 5.92 Å². The number of nitrogens with one attached hydrogen (secondary N) is 1. The van der Waals surface area contributed by atoms with Gasteiger partial charge in [-0.2, -0.15) is 0 Å². The van der Waals surface area contributed by atoms with Crippen molar-refractivity contribution in [1.29, 1.82) is 0 Å². The fraction of sp³-hybridized carbons (Fsp3) is 0.385. The zero-order chi connectivity index (χ0) is 13.1. The number of aliphatic hydroxyl groups is 1. The molecule has 1 aliphatic heterocycles. The molecule has 0 spiro atoms. The Morgan fingerprint density at radius 1 is 1.44 bits per heavy atom. The van der Waals surface area contributed by atoms with Crippen molar-refractivity contribution >= 4 is 17.5 Å². The molecule has 5 nitrogen and oxygen atoms in total. The number of benzene rings is 1. The molecule has 1 fully saturated rings. The van der Waals surface area contributed by atoms with Crippen LogP contribution in [-0.4, -0.2) is 41.5 Å². The van der Waals surface area contributed by atoms with Gasteiger partial charge in [-0.05, 0) is 19.1 Å². The predicted octanol–water partition coefficient (Wildman–Crippen LogP) is 1.35. The Balaban J connectivity index is 1.95. The third-order valence-electron chi connectivity index (χ3n) is 3.02. The SMILES string of the molecule is CC(=O)c1cccc(NC(=O)N2CC(CO)C2)c1. The first-order valence-corrected chi connectivity index (χ1v) is 5.88. The van der Waals surface area contributed by atoms with Crippen molar-refractivity contribution in [2.75, 3.05) is 25.0 Å². The number of rotatable bonds is 3. The van der Waals surface area contributed by atoms with Gasteiger partial charge in [-0.25, -0.2) is 4.79 Å². The van der Waals surface area contributed by atoms with Crippen LogP contribution in [0.4, 0.5) is 10.5 Å². The van der Waals surface area contributed by atoms with Crippen LogP contribution in [0.2, 0.25) is 0 Å². The van der Waals surface area contributed by atoms with E-state index >= 15 is 0 Å². The Labute approximate surface area is 105 Å². The average molecular weight is 248 g/mol. The number of aliphatic hydroxyl groups excluding tert-OH is 1. The molecule has 0 radical (unpaired) electrons. The molecule has 0 aliphatic carbocycles. The number of anilines is 1. The highest BCUT2D eigenvalue weighted by molar-refractivity contribution is 5.96. The van der Waals surface area contributed by atoms with Gasteiger partial charge >= 0.3 is 6.03 Å². The van der Waals surface area contributed by atoms with Gasteiger partial charge in [0.1, 0.15) is 0 Å². The van der Waals surface area contributed by atoms with Crippen LogP contribution in [0.25, 0.3) is 0 Å². The number of nitrogens with zero attached hydrogens (tertiary/aromatic N) is 1. The Bertz CT molecular complexity index is 467. The van der Waals surface area contributed by atoms with E-state index in [0.29, 0.717) is 24.3 Å². The number of urea groups is 1. The van der Waals surface area contributed by atoms with Crippen LogP contribution in [0.5, 0.6) is 0 Å². The first-order valence-electron chi connectivity index (χ1n) is 5.88. The number of ketones is 1. The largest absolute Gasteiger partial charge is 0.396 e. The highest BCUT2D eigenvalue weighted by Gasteiger charge is 2.29. The van der Waals surface area contributed by atoms with Gasteiger partial charge in [-0.1, -0.05) is 12.1 Å². The van der Waals surface area contributed by atoms with E-state index in [1.165, 1.54) is 6.92 Å². The summed E-state index contributed by atoms with van der Waals surface area (Å²) in [6.07, 6.45) is 0. The standard InChI is InChI=1S/C13H16N2O3/c1-9(17)11-3-2-4-12(5-11)14-13(18)15-6-10(7-15)8-16/h2-5,10,16H,6-8H2,1H3,(H,14,18). The second kappa shape index (κ2) is 5.18. The summed E-state index contributed by atoms with van der Waals surface area (Å²) in [5.41, 5.74) is 1.18. The van der Waals surface area contributed by atoms with Gasteiger partial charge < -0.3 is 15.3 Å². The van der Waals surface area contributed by atoms with E-state index in [2.05, 4.69) is 5.32 Å². The normalized spacial score (nSPS) is 15.1. The van der Waals surface area contributed by atoms with Crippen LogP contribution in [-0.2, 0) is 0 Å². The molecule has 0 bridgehead atoms. The Morgan fingerprint density at radius 2 is 2.17 bits per heavy atom.